The summed E-state index contributed by atoms with van der Waals surface area (Å²) in [6, 6.07) is 1.65. The molecule has 0 aromatic carbocycles. The maximum Gasteiger partial charge on any atom is 0.227 e. The zero-order valence-electron chi connectivity index (χ0n) is 8.69. The Hall–Kier alpha value is -1.33. The zero-order chi connectivity index (χ0) is 11.7. The van der Waals surface area contributed by atoms with Crippen LogP contribution in [-0.4, -0.2) is 24.0 Å². The van der Waals surface area contributed by atoms with Crippen LogP contribution >= 0.6 is 11.6 Å². The molecule has 1 aliphatic heterocycles. The fraction of sp³-hybridized carbons (Fsp3) is 0.400. The summed E-state index contributed by atoms with van der Waals surface area (Å²) in [5.74, 6) is 0.521. The number of pyridine rings is 1. The Morgan fingerprint density at radius 1 is 1.62 bits per heavy atom. The molecule has 0 aliphatic carbocycles. The molecule has 1 saturated heterocycles. The van der Waals surface area contributed by atoms with Crippen molar-refractivity contribution in [3.63, 3.8) is 0 Å². The summed E-state index contributed by atoms with van der Waals surface area (Å²) in [5, 5.41) is 0.466. The van der Waals surface area contributed by atoms with E-state index in [-0.39, 0.29) is 11.8 Å². The number of carbonyl (C=O) groups is 1. The minimum Gasteiger partial charge on any atom is -0.382 e. The van der Waals surface area contributed by atoms with Gasteiger partial charge in [-0.1, -0.05) is 11.6 Å². The van der Waals surface area contributed by atoms with Crippen molar-refractivity contribution in [1.82, 2.24) is 4.98 Å². The molecule has 5 nitrogen and oxygen atoms in total. The van der Waals surface area contributed by atoms with Gasteiger partial charge in [-0.05, 0) is 18.5 Å². The lowest BCUT2D eigenvalue weighted by Crippen LogP contribution is -2.26. The molecule has 1 unspecified atom stereocenters. The van der Waals surface area contributed by atoms with Crippen molar-refractivity contribution in [2.75, 3.05) is 23.7 Å². The minimum atomic E-state index is 0.0196. The lowest BCUT2D eigenvalue weighted by Gasteiger charge is -2.18. The van der Waals surface area contributed by atoms with Gasteiger partial charge in [-0.25, -0.2) is 4.98 Å². The van der Waals surface area contributed by atoms with Crippen molar-refractivity contribution in [2.24, 2.45) is 11.7 Å². The molecule has 0 spiro atoms. The first-order chi connectivity index (χ1) is 7.61. The lowest BCUT2D eigenvalue weighted by atomic mass is 10.1. The standard InChI is InChI=1S/C10H13ClN4O/c11-7-2-8(10(13)14-4-7)15-5-6(3-12)1-9(15)16/h2,4,6H,1,3,5,12H2,(H2,13,14). The van der Waals surface area contributed by atoms with E-state index in [2.05, 4.69) is 4.98 Å². The van der Waals surface area contributed by atoms with E-state index in [1.807, 2.05) is 0 Å². The van der Waals surface area contributed by atoms with Gasteiger partial charge in [0.2, 0.25) is 5.91 Å². The highest BCUT2D eigenvalue weighted by Crippen LogP contribution is 2.30. The highest BCUT2D eigenvalue weighted by atomic mass is 35.5. The fourth-order valence-corrected chi connectivity index (χ4v) is 1.98. The molecular weight excluding hydrogens is 228 g/mol. The molecule has 1 aromatic rings. The average molecular weight is 241 g/mol. The smallest absolute Gasteiger partial charge is 0.227 e. The van der Waals surface area contributed by atoms with E-state index in [9.17, 15) is 4.79 Å². The second-order valence-electron chi connectivity index (χ2n) is 3.87. The molecule has 6 heteroatoms. The molecule has 1 aliphatic rings. The number of halogens is 1. The molecular formula is C10H13ClN4O. The van der Waals surface area contributed by atoms with Gasteiger partial charge in [0.15, 0.2) is 0 Å². The third-order valence-electron chi connectivity index (χ3n) is 2.69. The number of nitrogen functional groups attached to an aromatic ring is 1. The summed E-state index contributed by atoms with van der Waals surface area (Å²) in [6.07, 6.45) is 1.92. The van der Waals surface area contributed by atoms with Gasteiger partial charge in [-0.3, -0.25) is 4.79 Å². The molecule has 1 amide bonds. The van der Waals surface area contributed by atoms with Crippen LogP contribution in [0.1, 0.15) is 6.42 Å². The summed E-state index contributed by atoms with van der Waals surface area (Å²) in [7, 11) is 0. The first-order valence-electron chi connectivity index (χ1n) is 5.03. The number of amides is 1. The lowest BCUT2D eigenvalue weighted by molar-refractivity contribution is -0.117. The highest BCUT2D eigenvalue weighted by molar-refractivity contribution is 6.30. The van der Waals surface area contributed by atoms with Crippen LogP contribution < -0.4 is 16.4 Å². The van der Waals surface area contributed by atoms with E-state index in [0.717, 1.165) is 0 Å². The summed E-state index contributed by atoms with van der Waals surface area (Å²) in [5.41, 5.74) is 11.9. The Kier molecular flexibility index (Phi) is 2.98. The summed E-state index contributed by atoms with van der Waals surface area (Å²) in [6.45, 7) is 1.08. The second-order valence-corrected chi connectivity index (χ2v) is 4.30. The van der Waals surface area contributed by atoms with Gasteiger partial charge in [0.05, 0.1) is 10.7 Å². The van der Waals surface area contributed by atoms with Crippen LogP contribution in [-0.2, 0) is 4.79 Å². The monoisotopic (exact) mass is 240 g/mol. The normalized spacial score (nSPS) is 20.5. The van der Waals surface area contributed by atoms with Crippen molar-refractivity contribution in [3.05, 3.63) is 17.3 Å². The van der Waals surface area contributed by atoms with Crippen LogP contribution in [0.15, 0.2) is 12.3 Å². The molecule has 16 heavy (non-hydrogen) atoms. The molecule has 2 rings (SSSR count). The summed E-state index contributed by atoms with van der Waals surface area (Å²) >= 11 is 5.83. The van der Waals surface area contributed by atoms with Crippen LogP contribution in [0.3, 0.4) is 0 Å². The van der Waals surface area contributed by atoms with Crippen LogP contribution in [0.2, 0.25) is 5.02 Å². The largest absolute Gasteiger partial charge is 0.382 e. The maximum atomic E-state index is 11.8. The van der Waals surface area contributed by atoms with E-state index in [1.165, 1.54) is 6.20 Å². The Morgan fingerprint density at radius 2 is 2.38 bits per heavy atom. The first kappa shape index (κ1) is 11.2. The third kappa shape index (κ3) is 1.96. The van der Waals surface area contributed by atoms with Gasteiger partial charge < -0.3 is 16.4 Å². The number of anilines is 2. The Bertz CT molecular complexity index is 423. The van der Waals surface area contributed by atoms with E-state index in [0.29, 0.717) is 36.0 Å². The molecule has 1 aromatic heterocycles. The van der Waals surface area contributed by atoms with E-state index >= 15 is 0 Å². The molecule has 1 atom stereocenters. The Morgan fingerprint density at radius 3 is 3.00 bits per heavy atom. The fourth-order valence-electron chi connectivity index (χ4n) is 1.83. The van der Waals surface area contributed by atoms with Crippen molar-refractivity contribution >= 4 is 29.0 Å². The highest BCUT2D eigenvalue weighted by Gasteiger charge is 2.31. The van der Waals surface area contributed by atoms with Gasteiger partial charge in [0, 0.05) is 19.2 Å². The summed E-state index contributed by atoms with van der Waals surface area (Å²) < 4.78 is 0. The number of hydrogen-bond acceptors (Lipinski definition) is 4. The molecule has 0 saturated carbocycles. The van der Waals surface area contributed by atoms with Crippen molar-refractivity contribution in [3.8, 4) is 0 Å². The number of hydrogen-bond donors (Lipinski definition) is 2. The number of aromatic nitrogens is 1. The maximum absolute atomic E-state index is 11.8. The zero-order valence-corrected chi connectivity index (χ0v) is 9.44. The Labute approximate surface area is 98.4 Å². The number of nitrogens with two attached hydrogens (primary N) is 2. The summed E-state index contributed by atoms with van der Waals surface area (Å²) in [4.78, 5) is 17.3. The molecule has 1 fully saturated rings. The van der Waals surface area contributed by atoms with Crippen molar-refractivity contribution < 1.29 is 4.79 Å². The van der Waals surface area contributed by atoms with Crippen LogP contribution in [0, 0.1) is 5.92 Å². The van der Waals surface area contributed by atoms with E-state index in [4.69, 9.17) is 23.1 Å². The minimum absolute atomic E-state index is 0.0196. The van der Waals surface area contributed by atoms with Gasteiger partial charge in [-0.15, -0.1) is 0 Å². The average Bonchev–Trinajstić information content (AvgIpc) is 2.63. The van der Waals surface area contributed by atoms with Gasteiger partial charge >= 0.3 is 0 Å². The van der Waals surface area contributed by atoms with Gasteiger partial charge in [0.1, 0.15) is 5.82 Å². The molecule has 4 N–H and O–H groups in total. The molecule has 2 heterocycles. The molecule has 86 valence electrons. The van der Waals surface area contributed by atoms with Crippen LogP contribution in [0.4, 0.5) is 11.5 Å². The van der Waals surface area contributed by atoms with Gasteiger partial charge in [-0.2, -0.15) is 0 Å². The number of nitrogens with zero attached hydrogens (tertiary/aromatic N) is 2. The Balaban J connectivity index is 2.30. The van der Waals surface area contributed by atoms with E-state index in [1.54, 1.807) is 11.0 Å². The second kappa shape index (κ2) is 4.27. The topological polar surface area (TPSA) is 85.2 Å². The quantitative estimate of drug-likeness (QED) is 0.794. The van der Waals surface area contributed by atoms with Gasteiger partial charge in [0.25, 0.3) is 0 Å². The number of carbonyl (C=O) groups excluding carboxylic acids is 1. The molecule has 0 radical (unpaired) electrons. The van der Waals surface area contributed by atoms with Crippen molar-refractivity contribution in [2.45, 2.75) is 6.42 Å². The van der Waals surface area contributed by atoms with Crippen LogP contribution in [0.25, 0.3) is 0 Å². The van der Waals surface area contributed by atoms with E-state index < -0.39 is 0 Å². The van der Waals surface area contributed by atoms with Crippen molar-refractivity contribution in [1.29, 1.82) is 0 Å². The first-order valence-corrected chi connectivity index (χ1v) is 5.41. The van der Waals surface area contributed by atoms with Crippen LogP contribution in [0.5, 0.6) is 0 Å². The predicted molar refractivity (Wildman–Crippen MR) is 63.2 cm³/mol. The molecule has 0 bridgehead atoms. The SMILES string of the molecule is NCC1CC(=O)N(c2cc(Cl)cnc2N)C1. The predicted octanol–water partition coefficient (Wildman–Crippen LogP) is 0.629. The third-order valence-corrected chi connectivity index (χ3v) is 2.90. The number of rotatable bonds is 2.